The molecule has 0 fully saturated rings. The second-order valence-electron chi connectivity index (χ2n) is 7.72. The van der Waals surface area contributed by atoms with E-state index < -0.39 is 0 Å². The first-order chi connectivity index (χ1) is 12.3. The highest BCUT2D eigenvalue weighted by Gasteiger charge is 2.18. The van der Waals surface area contributed by atoms with Crippen LogP contribution in [-0.2, 0) is 0 Å². The van der Waals surface area contributed by atoms with Gasteiger partial charge < -0.3 is 10.6 Å². The highest BCUT2D eigenvalue weighted by atomic mass is 15.2. The number of allylic oxidation sites excluding steroid dienone is 1. The molecule has 2 atom stereocenters. The van der Waals surface area contributed by atoms with Crippen LogP contribution in [0.15, 0.2) is 17.1 Å². The highest BCUT2D eigenvalue weighted by molar-refractivity contribution is 5.58. The summed E-state index contributed by atoms with van der Waals surface area (Å²) in [6, 6.07) is 0.464. The molecule has 0 aromatic heterocycles. The van der Waals surface area contributed by atoms with Gasteiger partial charge >= 0.3 is 0 Å². The lowest BCUT2D eigenvalue weighted by atomic mass is 10.0. The third kappa shape index (κ3) is 11.4. The van der Waals surface area contributed by atoms with E-state index in [0.717, 1.165) is 13.1 Å². The van der Waals surface area contributed by atoms with Crippen LogP contribution >= 0.6 is 0 Å². The van der Waals surface area contributed by atoms with Crippen molar-refractivity contribution in [2.75, 3.05) is 13.1 Å². The smallest absolute Gasteiger partial charge is 0.0856 e. The monoisotopic (exact) mass is 349 g/mol. The Morgan fingerprint density at radius 1 is 0.960 bits per heavy atom. The summed E-state index contributed by atoms with van der Waals surface area (Å²) in [5, 5.41) is 0. The Balaban J connectivity index is 1.91. The first-order valence-electron chi connectivity index (χ1n) is 10.9. The molecule has 0 bridgehead atoms. The van der Waals surface area contributed by atoms with Gasteiger partial charge in [0.2, 0.25) is 0 Å². The van der Waals surface area contributed by atoms with E-state index >= 15 is 0 Å². The van der Waals surface area contributed by atoms with E-state index in [9.17, 15) is 0 Å². The maximum Gasteiger partial charge on any atom is 0.0856 e. The van der Waals surface area contributed by atoms with E-state index in [1.165, 1.54) is 83.5 Å². The summed E-state index contributed by atoms with van der Waals surface area (Å²) in [6.07, 6.45) is 24.7. The van der Waals surface area contributed by atoms with Crippen LogP contribution in [0.1, 0.15) is 97.3 Å². The standard InChI is InChI=1S/C22H43N3/c1-3-4-5-6-7-8-9-10-11-12-13-14-15-16-17-22(21(2)23)25-19-18-24-20-25/h16-17,20-22H,3-15,18-19,23H2,1-2H3/b17-16+. The van der Waals surface area contributed by atoms with Gasteiger partial charge in [-0.3, -0.25) is 4.99 Å². The Labute approximate surface area is 157 Å². The molecule has 1 heterocycles. The fourth-order valence-electron chi connectivity index (χ4n) is 3.55. The molecule has 0 radical (unpaired) electrons. The predicted octanol–water partition coefficient (Wildman–Crippen LogP) is 5.69. The third-order valence-corrected chi connectivity index (χ3v) is 5.20. The van der Waals surface area contributed by atoms with Crippen LogP contribution in [0.2, 0.25) is 0 Å². The molecule has 0 spiro atoms. The van der Waals surface area contributed by atoms with Gasteiger partial charge in [0.1, 0.15) is 0 Å². The summed E-state index contributed by atoms with van der Waals surface area (Å²) in [7, 11) is 0. The third-order valence-electron chi connectivity index (χ3n) is 5.20. The van der Waals surface area contributed by atoms with Crippen LogP contribution in [-0.4, -0.2) is 36.4 Å². The zero-order valence-corrected chi connectivity index (χ0v) is 17.0. The molecule has 2 unspecified atom stereocenters. The van der Waals surface area contributed by atoms with Crippen molar-refractivity contribution in [1.29, 1.82) is 0 Å². The minimum Gasteiger partial charge on any atom is -0.353 e. The van der Waals surface area contributed by atoms with E-state index in [2.05, 4.69) is 35.9 Å². The highest BCUT2D eigenvalue weighted by Crippen LogP contribution is 2.13. The second kappa shape index (κ2) is 15.4. The van der Waals surface area contributed by atoms with E-state index in [-0.39, 0.29) is 6.04 Å². The molecule has 1 aliphatic heterocycles. The number of rotatable bonds is 16. The number of hydrogen-bond donors (Lipinski definition) is 1. The first kappa shape index (κ1) is 22.2. The van der Waals surface area contributed by atoms with E-state index in [1.54, 1.807) is 0 Å². The van der Waals surface area contributed by atoms with Crippen LogP contribution in [0.4, 0.5) is 0 Å². The van der Waals surface area contributed by atoms with Crippen LogP contribution in [0.3, 0.4) is 0 Å². The summed E-state index contributed by atoms with van der Waals surface area (Å²) >= 11 is 0. The topological polar surface area (TPSA) is 41.6 Å². The SMILES string of the molecule is CCCCCCCCCCCCCC/C=C/C(C(C)N)N1C=NCC1. The predicted molar refractivity (Wildman–Crippen MR) is 112 cm³/mol. The molecule has 1 rings (SSSR count). The van der Waals surface area contributed by atoms with Crippen LogP contribution < -0.4 is 5.73 Å². The van der Waals surface area contributed by atoms with Gasteiger partial charge in [0.25, 0.3) is 0 Å². The Hall–Kier alpha value is -0.830. The number of aliphatic imine (C=N–C) groups is 1. The molecular formula is C22H43N3. The normalized spacial score (nSPS) is 16.8. The molecule has 0 aromatic rings. The molecule has 0 saturated heterocycles. The van der Waals surface area contributed by atoms with Crippen LogP contribution in [0.25, 0.3) is 0 Å². The first-order valence-corrected chi connectivity index (χ1v) is 10.9. The van der Waals surface area contributed by atoms with E-state index in [0.29, 0.717) is 6.04 Å². The van der Waals surface area contributed by atoms with Gasteiger partial charge in [-0.25, -0.2) is 0 Å². The molecule has 2 N–H and O–H groups in total. The van der Waals surface area contributed by atoms with Crippen molar-refractivity contribution in [1.82, 2.24) is 4.90 Å². The Morgan fingerprint density at radius 2 is 1.52 bits per heavy atom. The van der Waals surface area contributed by atoms with Crippen molar-refractivity contribution >= 4 is 6.34 Å². The van der Waals surface area contributed by atoms with Crippen molar-refractivity contribution in [2.45, 2.75) is 109 Å². The minimum absolute atomic E-state index is 0.155. The van der Waals surface area contributed by atoms with Crippen molar-refractivity contribution in [3.05, 3.63) is 12.2 Å². The average molecular weight is 350 g/mol. The summed E-state index contributed by atoms with van der Waals surface area (Å²) in [5.41, 5.74) is 6.12. The number of unbranched alkanes of at least 4 members (excludes halogenated alkanes) is 12. The van der Waals surface area contributed by atoms with Gasteiger partial charge in [0, 0.05) is 12.6 Å². The van der Waals surface area contributed by atoms with E-state index in [4.69, 9.17) is 5.73 Å². The summed E-state index contributed by atoms with van der Waals surface area (Å²) in [4.78, 5) is 6.56. The second-order valence-corrected chi connectivity index (χ2v) is 7.72. The largest absolute Gasteiger partial charge is 0.353 e. The Bertz CT molecular complexity index is 349. The molecule has 3 heteroatoms. The van der Waals surface area contributed by atoms with Crippen LogP contribution in [0, 0.1) is 0 Å². The Kier molecular flexibility index (Phi) is 13.7. The molecule has 0 saturated carbocycles. The van der Waals surface area contributed by atoms with Gasteiger partial charge in [-0.2, -0.15) is 0 Å². The fraction of sp³-hybridized carbons (Fsp3) is 0.864. The van der Waals surface area contributed by atoms with Crippen molar-refractivity contribution in [3.8, 4) is 0 Å². The zero-order chi connectivity index (χ0) is 18.2. The van der Waals surface area contributed by atoms with Gasteiger partial charge in [-0.1, -0.05) is 89.7 Å². The molecule has 3 nitrogen and oxygen atoms in total. The van der Waals surface area contributed by atoms with E-state index in [1.807, 2.05) is 6.34 Å². The maximum atomic E-state index is 6.12. The maximum absolute atomic E-state index is 6.12. The molecule has 0 amide bonds. The zero-order valence-electron chi connectivity index (χ0n) is 17.0. The molecular weight excluding hydrogens is 306 g/mol. The van der Waals surface area contributed by atoms with Crippen molar-refractivity contribution < 1.29 is 0 Å². The molecule has 146 valence electrons. The number of hydrogen-bond acceptors (Lipinski definition) is 3. The Morgan fingerprint density at radius 3 is 2.00 bits per heavy atom. The lowest BCUT2D eigenvalue weighted by Gasteiger charge is -2.27. The molecule has 25 heavy (non-hydrogen) atoms. The average Bonchev–Trinajstić information content (AvgIpc) is 3.12. The fourth-order valence-corrected chi connectivity index (χ4v) is 3.55. The minimum atomic E-state index is 0.155. The molecule has 0 aromatic carbocycles. The van der Waals surface area contributed by atoms with Gasteiger partial charge in [0.05, 0.1) is 18.9 Å². The summed E-state index contributed by atoms with van der Waals surface area (Å²) < 4.78 is 0. The van der Waals surface area contributed by atoms with Crippen LogP contribution in [0.5, 0.6) is 0 Å². The number of nitrogens with two attached hydrogens (primary N) is 1. The van der Waals surface area contributed by atoms with Gasteiger partial charge in [-0.15, -0.1) is 0 Å². The van der Waals surface area contributed by atoms with Crippen molar-refractivity contribution in [3.63, 3.8) is 0 Å². The van der Waals surface area contributed by atoms with Gasteiger partial charge in [0.15, 0.2) is 0 Å². The van der Waals surface area contributed by atoms with Gasteiger partial charge in [-0.05, 0) is 19.8 Å². The summed E-state index contributed by atoms with van der Waals surface area (Å²) in [5.74, 6) is 0. The molecule has 1 aliphatic rings. The molecule has 0 aliphatic carbocycles. The number of nitrogens with zero attached hydrogens (tertiary/aromatic N) is 2. The lowest BCUT2D eigenvalue weighted by Crippen LogP contribution is -2.43. The summed E-state index contributed by atoms with van der Waals surface area (Å²) in [6.45, 7) is 6.30. The van der Waals surface area contributed by atoms with Crippen molar-refractivity contribution in [2.24, 2.45) is 10.7 Å². The lowest BCUT2D eigenvalue weighted by molar-refractivity contribution is 0.357. The quantitative estimate of drug-likeness (QED) is 0.287.